The van der Waals surface area contributed by atoms with Crippen LogP contribution in [0.1, 0.15) is 5.56 Å². The first-order valence-corrected chi connectivity index (χ1v) is 8.57. The highest BCUT2D eigenvalue weighted by Gasteiger charge is 2.18. The van der Waals surface area contributed by atoms with Gasteiger partial charge in [0.05, 0.1) is 10.5 Å². The molecule has 1 aromatic heterocycles. The Morgan fingerprint density at radius 3 is 2.42 bits per heavy atom. The number of aromatic nitrogens is 1. The van der Waals surface area contributed by atoms with E-state index in [-0.39, 0.29) is 10.6 Å². The molecule has 0 N–H and O–H groups in total. The van der Waals surface area contributed by atoms with Crippen LogP contribution in [0, 0.1) is 10.1 Å². The van der Waals surface area contributed by atoms with Crippen LogP contribution < -0.4 is 0 Å². The molecule has 0 amide bonds. The number of hydrogen-bond acceptors (Lipinski definition) is 2. The zero-order chi connectivity index (χ0) is 18.1. The highest BCUT2D eigenvalue weighted by molar-refractivity contribution is 6.34. The molecule has 0 aliphatic carbocycles. The maximum atomic E-state index is 11.4. The van der Waals surface area contributed by atoms with Gasteiger partial charge < -0.3 is 4.57 Å². The van der Waals surface area contributed by atoms with Gasteiger partial charge in [-0.05, 0) is 29.8 Å². The first-order chi connectivity index (χ1) is 12.6. The van der Waals surface area contributed by atoms with Crippen LogP contribution in [0.2, 0.25) is 5.02 Å². The molecule has 26 heavy (non-hydrogen) atoms. The lowest BCUT2D eigenvalue weighted by molar-refractivity contribution is -0.384. The maximum Gasteiger partial charge on any atom is 0.277 e. The minimum Gasteiger partial charge on any atom is -0.343 e. The van der Waals surface area contributed by atoms with E-state index < -0.39 is 0 Å². The molecule has 0 aliphatic rings. The fraction of sp³-hybridized carbons (Fsp3) is 0.0476. The molecule has 0 fully saturated rings. The van der Waals surface area contributed by atoms with Gasteiger partial charge in [-0.15, -0.1) is 0 Å². The maximum absolute atomic E-state index is 11.4. The number of hydrogen-bond donors (Lipinski definition) is 0. The first kappa shape index (κ1) is 16.4. The quantitative estimate of drug-likeness (QED) is 0.334. The van der Waals surface area contributed by atoms with Crippen molar-refractivity contribution in [2.45, 2.75) is 6.54 Å². The topological polar surface area (TPSA) is 48.1 Å². The molecular weight excluding hydrogens is 348 g/mol. The summed E-state index contributed by atoms with van der Waals surface area (Å²) < 4.78 is 2.12. The molecule has 4 nitrogen and oxygen atoms in total. The second-order valence-electron chi connectivity index (χ2n) is 6.09. The molecule has 0 aliphatic heterocycles. The van der Waals surface area contributed by atoms with Crippen molar-refractivity contribution in [2.75, 3.05) is 0 Å². The summed E-state index contributed by atoms with van der Waals surface area (Å²) in [6.45, 7) is 0.724. The molecule has 0 saturated carbocycles. The average Bonchev–Trinajstić information content (AvgIpc) is 3.03. The van der Waals surface area contributed by atoms with Crippen LogP contribution in [0.25, 0.3) is 22.0 Å². The summed E-state index contributed by atoms with van der Waals surface area (Å²) in [6, 6.07) is 22.6. The summed E-state index contributed by atoms with van der Waals surface area (Å²) in [7, 11) is 0. The van der Waals surface area contributed by atoms with E-state index in [2.05, 4.69) is 16.7 Å². The van der Waals surface area contributed by atoms with Crippen LogP contribution in [0.5, 0.6) is 0 Å². The van der Waals surface area contributed by atoms with Crippen molar-refractivity contribution in [1.82, 2.24) is 4.57 Å². The van der Waals surface area contributed by atoms with Gasteiger partial charge in [0, 0.05) is 40.3 Å². The van der Waals surface area contributed by atoms with E-state index in [9.17, 15) is 10.1 Å². The molecule has 0 spiro atoms. The third-order valence-electron chi connectivity index (χ3n) is 4.45. The van der Waals surface area contributed by atoms with Gasteiger partial charge in [0.15, 0.2) is 0 Å². The van der Waals surface area contributed by atoms with E-state index >= 15 is 0 Å². The number of halogens is 1. The number of rotatable bonds is 4. The predicted octanol–water partition coefficient (Wildman–Crippen LogP) is 5.92. The molecular formula is C21H15ClN2O2. The minimum absolute atomic E-state index is 0.0508. The van der Waals surface area contributed by atoms with Gasteiger partial charge in [0.1, 0.15) is 0 Å². The van der Waals surface area contributed by atoms with Crippen molar-refractivity contribution in [2.24, 2.45) is 0 Å². The lowest BCUT2D eigenvalue weighted by Crippen LogP contribution is -1.98. The number of nitrogens with zero attached hydrogens (tertiary/aromatic N) is 2. The van der Waals surface area contributed by atoms with E-state index in [0.717, 1.165) is 17.4 Å². The third-order valence-corrected chi connectivity index (χ3v) is 4.76. The van der Waals surface area contributed by atoms with Crippen molar-refractivity contribution in [3.8, 4) is 11.1 Å². The van der Waals surface area contributed by atoms with E-state index in [4.69, 9.17) is 11.6 Å². The number of nitro groups is 1. The normalized spacial score (nSPS) is 11.0. The van der Waals surface area contributed by atoms with Crippen LogP contribution in [0.4, 0.5) is 5.69 Å². The number of nitro benzene ring substituents is 1. The Morgan fingerprint density at radius 2 is 1.65 bits per heavy atom. The van der Waals surface area contributed by atoms with Crippen molar-refractivity contribution in [3.05, 3.63) is 99.7 Å². The smallest absolute Gasteiger partial charge is 0.277 e. The Labute approximate surface area is 155 Å². The molecule has 0 atom stereocenters. The first-order valence-electron chi connectivity index (χ1n) is 8.19. The van der Waals surface area contributed by atoms with Crippen LogP contribution in [-0.4, -0.2) is 9.49 Å². The second-order valence-corrected chi connectivity index (χ2v) is 6.50. The fourth-order valence-electron chi connectivity index (χ4n) is 3.20. The summed E-state index contributed by atoms with van der Waals surface area (Å²) in [6.07, 6.45) is 2.01. The zero-order valence-electron chi connectivity index (χ0n) is 13.8. The predicted molar refractivity (Wildman–Crippen MR) is 105 cm³/mol. The molecule has 0 bridgehead atoms. The SMILES string of the molecule is O=[N+]([O-])c1ccccc1-c1cc2c(ccn2Cc2ccccc2)cc1Cl. The number of benzene rings is 3. The number of fused-ring (bicyclic) bond motifs is 1. The lowest BCUT2D eigenvalue weighted by Gasteiger charge is -2.10. The summed E-state index contributed by atoms with van der Waals surface area (Å²) in [5, 5.41) is 12.9. The standard InChI is InChI=1S/C21H15ClN2O2/c22-19-12-16-10-11-23(14-15-6-2-1-3-7-15)21(16)13-18(19)17-8-4-5-9-20(17)24(25)26/h1-13H,14H2. The highest BCUT2D eigenvalue weighted by Crippen LogP contribution is 2.37. The molecule has 0 radical (unpaired) electrons. The average molecular weight is 363 g/mol. The Kier molecular flexibility index (Phi) is 4.19. The molecule has 1 heterocycles. The molecule has 128 valence electrons. The Morgan fingerprint density at radius 1 is 0.923 bits per heavy atom. The lowest BCUT2D eigenvalue weighted by atomic mass is 10.0. The monoisotopic (exact) mass is 362 g/mol. The Balaban J connectivity index is 1.86. The molecule has 5 heteroatoms. The van der Waals surface area contributed by atoms with Crippen LogP contribution >= 0.6 is 11.6 Å². The number of para-hydroxylation sites is 1. The summed E-state index contributed by atoms with van der Waals surface area (Å²) in [4.78, 5) is 11.0. The van der Waals surface area contributed by atoms with Gasteiger partial charge in [-0.25, -0.2) is 0 Å². The van der Waals surface area contributed by atoms with Crippen molar-refractivity contribution in [1.29, 1.82) is 0 Å². The Hall–Kier alpha value is -3.11. The molecule has 3 aromatic carbocycles. The van der Waals surface area contributed by atoms with Crippen LogP contribution in [-0.2, 0) is 6.54 Å². The third kappa shape index (κ3) is 2.95. The van der Waals surface area contributed by atoms with Crippen LogP contribution in [0.15, 0.2) is 79.0 Å². The van der Waals surface area contributed by atoms with Gasteiger partial charge in [-0.1, -0.05) is 54.1 Å². The van der Waals surface area contributed by atoms with Gasteiger partial charge in [-0.2, -0.15) is 0 Å². The Bertz CT molecular complexity index is 1100. The van der Waals surface area contributed by atoms with Gasteiger partial charge in [0.2, 0.25) is 0 Å². The van der Waals surface area contributed by atoms with E-state index in [1.807, 2.05) is 42.6 Å². The van der Waals surface area contributed by atoms with Gasteiger partial charge in [-0.3, -0.25) is 10.1 Å². The van der Waals surface area contributed by atoms with Crippen molar-refractivity contribution < 1.29 is 4.92 Å². The van der Waals surface area contributed by atoms with Gasteiger partial charge >= 0.3 is 0 Å². The molecule has 0 saturated heterocycles. The fourth-order valence-corrected chi connectivity index (χ4v) is 3.47. The molecule has 4 rings (SSSR count). The van der Waals surface area contributed by atoms with E-state index in [0.29, 0.717) is 16.1 Å². The second kappa shape index (κ2) is 6.65. The zero-order valence-corrected chi connectivity index (χ0v) is 14.6. The minimum atomic E-state index is -0.376. The van der Waals surface area contributed by atoms with Gasteiger partial charge in [0.25, 0.3) is 5.69 Å². The molecule has 4 aromatic rings. The van der Waals surface area contributed by atoms with Crippen molar-refractivity contribution >= 4 is 28.2 Å². The largest absolute Gasteiger partial charge is 0.343 e. The van der Waals surface area contributed by atoms with E-state index in [1.54, 1.807) is 18.2 Å². The highest BCUT2D eigenvalue weighted by atomic mass is 35.5. The summed E-state index contributed by atoms with van der Waals surface area (Å²) >= 11 is 6.45. The van der Waals surface area contributed by atoms with E-state index in [1.165, 1.54) is 11.6 Å². The summed E-state index contributed by atoms with van der Waals surface area (Å²) in [5.74, 6) is 0. The van der Waals surface area contributed by atoms with Crippen molar-refractivity contribution in [3.63, 3.8) is 0 Å². The summed E-state index contributed by atoms with van der Waals surface area (Å²) in [5.41, 5.74) is 3.42. The van der Waals surface area contributed by atoms with Crippen LogP contribution in [0.3, 0.4) is 0 Å². The molecule has 0 unspecified atom stereocenters.